The van der Waals surface area contributed by atoms with Crippen molar-refractivity contribution < 1.29 is 23.8 Å². The minimum atomic E-state index is -0.961. The van der Waals surface area contributed by atoms with Crippen LogP contribution in [-0.2, 0) is 9.59 Å². The molecule has 0 saturated heterocycles. The molecule has 0 unspecified atom stereocenters. The van der Waals surface area contributed by atoms with Gasteiger partial charge in [0.15, 0.2) is 11.6 Å². The smallest absolute Gasteiger partial charge is 0.317 e. The summed E-state index contributed by atoms with van der Waals surface area (Å²) < 4.78 is 18.7. The number of hydrogen-bond acceptors (Lipinski definition) is 4. The molecule has 0 radical (unpaired) electrons. The Morgan fingerprint density at radius 1 is 1.22 bits per heavy atom. The van der Waals surface area contributed by atoms with Gasteiger partial charge in [0.05, 0.1) is 19.6 Å². The third kappa shape index (κ3) is 7.10. The number of aliphatic carboxylic acids is 1. The first-order valence-corrected chi connectivity index (χ1v) is 7.49. The Kier molecular flexibility index (Phi) is 8.04. The van der Waals surface area contributed by atoms with Crippen LogP contribution in [0.2, 0.25) is 0 Å². The summed E-state index contributed by atoms with van der Waals surface area (Å²) in [5, 5.41) is 8.83. The Bertz CT molecular complexity index is 525. The monoisotopic (exact) mass is 326 g/mol. The Balaban J connectivity index is 2.40. The van der Waals surface area contributed by atoms with Crippen molar-refractivity contribution in [3.05, 3.63) is 30.1 Å². The second-order valence-corrected chi connectivity index (χ2v) is 5.20. The molecule has 0 saturated carbocycles. The number of carbonyl (C=O) groups is 2. The summed E-state index contributed by atoms with van der Waals surface area (Å²) in [6.07, 6.45) is 0.765. The van der Waals surface area contributed by atoms with Gasteiger partial charge in [0.2, 0.25) is 5.91 Å². The molecule has 0 aliphatic carbocycles. The zero-order valence-electron chi connectivity index (χ0n) is 13.5. The van der Waals surface area contributed by atoms with Crippen LogP contribution in [0.3, 0.4) is 0 Å². The summed E-state index contributed by atoms with van der Waals surface area (Å²) in [6, 6.07) is 6.07. The van der Waals surface area contributed by atoms with E-state index in [0.29, 0.717) is 13.1 Å². The Labute approximate surface area is 135 Å². The molecule has 0 aliphatic rings. The lowest BCUT2D eigenvalue weighted by atomic mass is 10.3. The van der Waals surface area contributed by atoms with Crippen LogP contribution in [0, 0.1) is 5.82 Å². The maximum absolute atomic E-state index is 13.4. The third-order valence-electron chi connectivity index (χ3n) is 3.20. The van der Waals surface area contributed by atoms with Gasteiger partial charge in [-0.1, -0.05) is 19.1 Å². The number of likely N-dealkylation sites (N-methyl/N-ethyl adjacent to an activating group) is 1. The van der Waals surface area contributed by atoms with Crippen LogP contribution in [0.4, 0.5) is 4.39 Å². The summed E-state index contributed by atoms with van der Waals surface area (Å²) in [5.41, 5.74) is 0. The fraction of sp³-hybridized carbons (Fsp3) is 0.500. The number of amides is 1. The second-order valence-electron chi connectivity index (χ2n) is 5.20. The summed E-state index contributed by atoms with van der Waals surface area (Å²) in [4.78, 5) is 25.9. The average molecular weight is 326 g/mol. The largest absolute Gasteiger partial charge is 0.489 e. The van der Waals surface area contributed by atoms with E-state index >= 15 is 0 Å². The van der Waals surface area contributed by atoms with Gasteiger partial charge in [-0.3, -0.25) is 14.5 Å². The third-order valence-corrected chi connectivity index (χ3v) is 3.20. The second kappa shape index (κ2) is 9.78. The normalized spacial score (nSPS) is 10.6. The Morgan fingerprint density at radius 2 is 1.91 bits per heavy atom. The van der Waals surface area contributed by atoms with Crippen LogP contribution in [0.15, 0.2) is 24.3 Å². The van der Waals surface area contributed by atoms with Crippen molar-refractivity contribution in [2.45, 2.75) is 13.3 Å². The molecule has 0 spiro atoms. The highest BCUT2D eigenvalue weighted by Crippen LogP contribution is 2.14. The van der Waals surface area contributed by atoms with E-state index in [0.717, 1.165) is 6.42 Å². The van der Waals surface area contributed by atoms with Gasteiger partial charge in [-0.25, -0.2) is 4.39 Å². The number of nitrogens with zero attached hydrogens (tertiary/aromatic N) is 2. The molecule has 0 heterocycles. The van der Waals surface area contributed by atoms with Crippen molar-refractivity contribution >= 4 is 11.9 Å². The quantitative estimate of drug-likeness (QED) is 0.705. The molecular formula is C16H23FN2O4. The number of carboxylic acid groups (broad SMARTS) is 1. The van der Waals surface area contributed by atoms with Crippen LogP contribution >= 0.6 is 0 Å². The number of carboxylic acids is 1. The molecule has 7 heteroatoms. The highest BCUT2D eigenvalue weighted by atomic mass is 19.1. The van der Waals surface area contributed by atoms with E-state index in [1.807, 2.05) is 6.92 Å². The molecule has 1 aromatic carbocycles. The van der Waals surface area contributed by atoms with Gasteiger partial charge in [-0.15, -0.1) is 0 Å². The molecular weight excluding hydrogens is 303 g/mol. The van der Waals surface area contributed by atoms with E-state index in [1.54, 1.807) is 24.1 Å². The molecule has 0 atom stereocenters. The van der Waals surface area contributed by atoms with Crippen LogP contribution in [0.1, 0.15) is 13.3 Å². The average Bonchev–Trinajstić information content (AvgIpc) is 2.48. The van der Waals surface area contributed by atoms with E-state index < -0.39 is 11.8 Å². The molecule has 0 fully saturated rings. The predicted octanol–water partition coefficient (Wildman–Crippen LogP) is 1.46. The maximum Gasteiger partial charge on any atom is 0.317 e. The van der Waals surface area contributed by atoms with Gasteiger partial charge in [-0.05, 0) is 25.1 Å². The van der Waals surface area contributed by atoms with Crippen LogP contribution in [0.25, 0.3) is 0 Å². The minimum absolute atomic E-state index is 0.0380. The number of para-hydroxylation sites is 1. The summed E-state index contributed by atoms with van der Waals surface area (Å²) in [6.45, 7) is 2.79. The molecule has 1 rings (SSSR count). The number of carbonyl (C=O) groups excluding carboxylic acids is 1. The SMILES string of the molecule is CCCN(CC(=O)O)CC(=O)N(C)CCOc1ccccc1F. The lowest BCUT2D eigenvalue weighted by Gasteiger charge is -2.23. The number of ether oxygens (including phenoxy) is 1. The molecule has 1 N–H and O–H groups in total. The predicted molar refractivity (Wildman–Crippen MR) is 83.9 cm³/mol. The molecule has 1 aromatic rings. The van der Waals surface area contributed by atoms with Crippen LogP contribution < -0.4 is 4.74 Å². The van der Waals surface area contributed by atoms with Crippen LogP contribution in [-0.4, -0.2) is 66.6 Å². The minimum Gasteiger partial charge on any atom is -0.489 e. The summed E-state index contributed by atoms with van der Waals surface area (Å²) in [7, 11) is 1.61. The topological polar surface area (TPSA) is 70.1 Å². The van der Waals surface area contributed by atoms with E-state index in [1.165, 1.54) is 17.0 Å². The zero-order chi connectivity index (χ0) is 17.2. The summed E-state index contributed by atoms with van der Waals surface area (Å²) >= 11 is 0. The molecule has 0 bridgehead atoms. The van der Waals surface area contributed by atoms with Gasteiger partial charge in [0.1, 0.15) is 6.61 Å². The van der Waals surface area contributed by atoms with Gasteiger partial charge in [0.25, 0.3) is 0 Å². The summed E-state index contributed by atoms with van der Waals surface area (Å²) in [5.74, 6) is -1.46. The van der Waals surface area contributed by atoms with Crippen molar-refractivity contribution in [3.63, 3.8) is 0 Å². The molecule has 1 amide bonds. The highest BCUT2D eigenvalue weighted by Gasteiger charge is 2.16. The van der Waals surface area contributed by atoms with E-state index in [2.05, 4.69) is 0 Å². The van der Waals surface area contributed by atoms with Crippen molar-refractivity contribution in [2.75, 3.05) is 39.8 Å². The maximum atomic E-state index is 13.4. The number of hydrogen-bond donors (Lipinski definition) is 1. The van der Waals surface area contributed by atoms with Gasteiger partial charge in [-0.2, -0.15) is 0 Å². The molecule has 6 nitrogen and oxygen atoms in total. The number of benzene rings is 1. The Hall–Kier alpha value is -2.15. The molecule has 23 heavy (non-hydrogen) atoms. The van der Waals surface area contributed by atoms with Gasteiger partial charge < -0.3 is 14.7 Å². The van der Waals surface area contributed by atoms with Crippen LogP contribution in [0.5, 0.6) is 5.75 Å². The fourth-order valence-electron chi connectivity index (χ4n) is 2.01. The molecule has 0 aliphatic heterocycles. The van der Waals surface area contributed by atoms with Crippen molar-refractivity contribution in [3.8, 4) is 5.75 Å². The zero-order valence-corrected chi connectivity index (χ0v) is 13.5. The standard InChI is InChI=1S/C16H23FN2O4/c1-3-8-19(12-16(21)22)11-15(20)18(2)9-10-23-14-7-5-4-6-13(14)17/h4-7H,3,8-12H2,1-2H3,(H,21,22). The van der Waals surface area contributed by atoms with Crippen molar-refractivity contribution in [1.29, 1.82) is 0 Å². The first-order chi connectivity index (χ1) is 10.9. The first-order valence-electron chi connectivity index (χ1n) is 7.49. The molecule has 128 valence electrons. The fourth-order valence-corrected chi connectivity index (χ4v) is 2.01. The van der Waals surface area contributed by atoms with Gasteiger partial charge >= 0.3 is 5.97 Å². The van der Waals surface area contributed by atoms with E-state index in [9.17, 15) is 14.0 Å². The van der Waals surface area contributed by atoms with E-state index in [4.69, 9.17) is 9.84 Å². The van der Waals surface area contributed by atoms with Gasteiger partial charge in [0, 0.05) is 7.05 Å². The molecule has 0 aromatic heterocycles. The van der Waals surface area contributed by atoms with Crippen molar-refractivity contribution in [1.82, 2.24) is 9.80 Å². The first kappa shape index (κ1) is 18.9. The Morgan fingerprint density at radius 3 is 2.52 bits per heavy atom. The lowest BCUT2D eigenvalue weighted by Crippen LogP contribution is -2.42. The number of halogens is 1. The van der Waals surface area contributed by atoms with E-state index in [-0.39, 0.29) is 31.4 Å². The highest BCUT2D eigenvalue weighted by molar-refractivity contribution is 5.79. The lowest BCUT2D eigenvalue weighted by molar-refractivity contribution is -0.139. The number of rotatable bonds is 10. The van der Waals surface area contributed by atoms with Crippen molar-refractivity contribution in [2.24, 2.45) is 0 Å².